The zero-order valence-electron chi connectivity index (χ0n) is 17.1. The van der Waals surface area contributed by atoms with Crippen molar-refractivity contribution in [2.45, 2.75) is 38.6 Å². The second-order valence-corrected chi connectivity index (χ2v) is 7.97. The Labute approximate surface area is 179 Å². The molecule has 2 aromatic carbocycles. The van der Waals surface area contributed by atoms with Crippen molar-refractivity contribution in [3.63, 3.8) is 0 Å². The summed E-state index contributed by atoms with van der Waals surface area (Å²) in [5, 5.41) is 8.34. The molecular formula is C25H20FN3O2. The molecule has 5 rings (SSSR count). The number of aryl methyl sites for hydroxylation is 1. The summed E-state index contributed by atoms with van der Waals surface area (Å²) in [5.74, 6) is 3.46. The molecule has 1 saturated carbocycles. The van der Waals surface area contributed by atoms with Crippen molar-refractivity contribution < 1.29 is 13.6 Å². The molecule has 0 unspecified atom stereocenters. The van der Waals surface area contributed by atoms with Gasteiger partial charge in [-0.1, -0.05) is 36.3 Å². The molecule has 1 aliphatic carbocycles. The number of terminal acetylenes is 1. The molecule has 0 spiro atoms. The Kier molecular flexibility index (Phi) is 4.67. The quantitative estimate of drug-likeness (QED) is 0.572. The molecule has 1 aliphatic heterocycles. The van der Waals surface area contributed by atoms with Crippen molar-refractivity contribution >= 4 is 22.7 Å². The summed E-state index contributed by atoms with van der Waals surface area (Å²) in [6, 6.07) is 12.5. The standard InChI is InChI=1S/C25H20FN3O2/c1-3-18-19-6-4-5-7-22(19)29(14-16-9-8-15(2)21(26)12-16)23(30)13-20(18)25-28-27-24(31-25)17-10-11-17/h1,4-9,12,17H,10-11,13-14H2,2H3. The lowest BCUT2D eigenvalue weighted by Gasteiger charge is -2.23. The lowest BCUT2D eigenvalue weighted by molar-refractivity contribution is -0.117. The van der Waals surface area contributed by atoms with E-state index in [4.69, 9.17) is 10.8 Å². The summed E-state index contributed by atoms with van der Waals surface area (Å²) < 4.78 is 20.0. The van der Waals surface area contributed by atoms with E-state index in [1.165, 1.54) is 6.07 Å². The summed E-state index contributed by atoms with van der Waals surface area (Å²) in [5.41, 5.74) is 3.80. The van der Waals surface area contributed by atoms with E-state index in [1.807, 2.05) is 30.3 Å². The van der Waals surface area contributed by atoms with Crippen LogP contribution in [0.2, 0.25) is 0 Å². The Balaban J connectivity index is 1.58. The topological polar surface area (TPSA) is 59.2 Å². The fourth-order valence-corrected chi connectivity index (χ4v) is 3.84. The van der Waals surface area contributed by atoms with Crippen LogP contribution in [0.1, 0.15) is 53.7 Å². The van der Waals surface area contributed by atoms with Crippen LogP contribution in [0.25, 0.3) is 11.1 Å². The smallest absolute Gasteiger partial charge is 0.245 e. The van der Waals surface area contributed by atoms with Gasteiger partial charge in [0.2, 0.25) is 17.7 Å². The predicted octanol–water partition coefficient (Wildman–Crippen LogP) is 4.88. The Hall–Kier alpha value is -3.72. The molecule has 1 fully saturated rings. The number of amides is 1. The van der Waals surface area contributed by atoms with Gasteiger partial charge in [-0.3, -0.25) is 4.79 Å². The molecular weight excluding hydrogens is 393 g/mol. The van der Waals surface area contributed by atoms with Crippen molar-refractivity contribution in [2.75, 3.05) is 4.90 Å². The van der Waals surface area contributed by atoms with E-state index < -0.39 is 0 Å². The number of nitrogens with zero attached hydrogens (tertiary/aromatic N) is 3. The summed E-state index contributed by atoms with van der Waals surface area (Å²) >= 11 is 0. The summed E-state index contributed by atoms with van der Waals surface area (Å²) in [7, 11) is 0. The number of para-hydroxylation sites is 1. The molecule has 154 valence electrons. The number of anilines is 1. The first kappa shape index (κ1) is 19.3. The van der Waals surface area contributed by atoms with E-state index in [0.717, 1.165) is 18.4 Å². The minimum atomic E-state index is -0.297. The molecule has 0 saturated heterocycles. The van der Waals surface area contributed by atoms with Gasteiger partial charge in [-0.05, 0) is 43.0 Å². The zero-order chi connectivity index (χ0) is 21.5. The highest BCUT2D eigenvalue weighted by atomic mass is 19.1. The van der Waals surface area contributed by atoms with Gasteiger partial charge >= 0.3 is 0 Å². The molecule has 31 heavy (non-hydrogen) atoms. The van der Waals surface area contributed by atoms with Gasteiger partial charge < -0.3 is 9.32 Å². The second-order valence-electron chi connectivity index (χ2n) is 7.97. The normalized spacial score (nSPS) is 16.2. The van der Waals surface area contributed by atoms with Crippen LogP contribution < -0.4 is 4.90 Å². The number of fused-ring (bicyclic) bond motifs is 1. The van der Waals surface area contributed by atoms with Crippen LogP contribution in [-0.4, -0.2) is 16.1 Å². The van der Waals surface area contributed by atoms with Crippen LogP contribution in [0.15, 0.2) is 46.9 Å². The first-order valence-electron chi connectivity index (χ1n) is 10.2. The van der Waals surface area contributed by atoms with E-state index in [-0.39, 0.29) is 24.7 Å². The van der Waals surface area contributed by atoms with Crippen LogP contribution in [0.5, 0.6) is 0 Å². The summed E-state index contributed by atoms with van der Waals surface area (Å²) in [6.07, 6.45) is 7.99. The predicted molar refractivity (Wildman–Crippen MR) is 115 cm³/mol. The van der Waals surface area contributed by atoms with Gasteiger partial charge in [0.25, 0.3) is 0 Å². The van der Waals surface area contributed by atoms with Crippen molar-refractivity contribution in [1.29, 1.82) is 0 Å². The van der Waals surface area contributed by atoms with Crippen molar-refractivity contribution in [2.24, 2.45) is 0 Å². The molecule has 6 heteroatoms. The maximum Gasteiger partial charge on any atom is 0.245 e. The Morgan fingerprint density at radius 3 is 2.77 bits per heavy atom. The highest BCUT2D eigenvalue weighted by Gasteiger charge is 2.33. The molecule has 1 amide bonds. The molecule has 1 aromatic heterocycles. The van der Waals surface area contributed by atoms with Gasteiger partial charge in [0, 0.05) is 22.6 Å². The lowest BCUT2D eigenvalue weighted by atomic mass is 9.98. The van der Waals surface area contributed by atoms with Crippen molar-refractivity contribution in [1.82, 2.24) is 10.2 Å². The van der Waals surface area contributed by atoms with Gasteiger partial charge in [0.1, 0.15) is 5.82 Å². The van der Waals surface area contributed by atoms with Gasteiger partial charge in [-0.15, -0.1) is 16.6 Å². The van der Waals surface area contributed by atoms with Crippen LogP contribution in [-0.2, 0) is 11.3 Å². The minimum absolute atomic E-state index is 0.0227. The van der Waals surface area contributed by atoms with Gasteiger partial charge in [-0.25, -0.2) is 4.39 Å². The number of aromatic nitrogens is 2. The Morgan fingerprint density at radius 2 is 2.03 bits per heavy atom. The molecule has 0 atom stereocenters. The van der Waals surface area contributed by atoms with E-state index in [2.05, 4.69) is 16.1 Å². The monoisotopic (exact) mass is 413 g/mol. The summed E-state index contributed by atoms with van der Waals surface area (Å²) in [6.45, 7) is 1.94. The van der Waals surface area contributed by atoms with Gasteiger partial charge in [0.05, 0.1) is 18.7 Å². The fraction of sp³-hybridized carbons (Fsp3) is 0.240. The number of rotatable bonds is 4. The third-order valence-electron chi connectivity index (χ3n) is 5.74. The van der Waals surface area contributed by atoms with Crippen molar-refractivity contribution in [3.8, 4) is 12.3 Å². The SMILES string of the molecule is C#CC1=C(c2nnc(C3CC3)o2)CC(=O)N(Cc2ccc(C)c(F)c2)c2ccccc21. The average molecular weight is 413 g/mol. The zero-order valence-corrected chi connectivity index (χ0v) is 17.1. The van der Waals surface area contributed by atoms with E-state index in [0.29, 0.717) is 45.7 Å². The van der Waals surface area contributed by atoms with Crippen LogP contribution in [0.4, 0.5) is 10.1 Å². The number of carbonyl (C=O) groups excluding carboxylic acids is 1. The lowest BCUT2D eigenvalue weighted by Crippen LogP contribution is -2.30. The fourth-order valence-electron chi connectivity index (χ4n) is 3.84. The molecule has 3 aromatic rings. The van der Waals surface area contributed by atoms with Crippen LogP contribution >= 0.6 is 0 Å². The molecule has 0 bridgehead atoms. The largest absolute Gasteiger partial charge is 0.421 e. The third-order valence-corrected chi connectivity index (χ3v) is 5.74. The molecule has 2 aliphatic rings. The van der Waals surface area contributed by atoms with Crippen LogP contribution in [0.3, 0.4) is 0 Å². The number of halogens is 1. The van der Waals surface area contributed by atoms with E-state index in [9.17, 15) is 9.18 Å². The molecule has 0 N–H and O–H groups in total. The number of carbonyl (C=O) groups is 1. The van der Waals surface area contributed by atoms with Crippen LogP contribution in [0, 0.1) is 25.1 Å². The van der Waals surface area contributed by atoms with E-state index in [1.54, 1.807) is 17.9 Å². The maximum absolute atomic E-state index is 14.1. The highest BCUT2D eigenvalue weighted by Crippen LogP contribution is 2.42. The van der Waals surface area contributed by atoms with Gasteiger partial charge in [-0.2, -0.15) is 0 Å². The molecule has 2 heterocycles. The minimum Gasteiger partial charge on any atom is -0.421 e. The second kappa shape index (κ2) is 7.51. The molecule has 0 radical (unpaired) electrons. The maximum atomic E-state index is 14.1. The Morgan fingerprint density at radius 1 is 1.23 bits per heavy atom. The van der Waals surface area contributed by atoms with Crippen molar-refractivity contribution in [3.05, 3.63) is 76.8 Å². The highest BCUT2D eigenvalue weighted by molar-refractivity contribution is 6.12. The number of benzene rings is 2. The average Bonchev–Trinajstić information content (AvgIpc) is 3.53. The third kappa shape index (κ3) is 3.53. The van der Waals surface area contributed by atoms with E-state index >= 15 is 0 Å². The first-order chi connectivity index (χ1) is 15.0. The first-order valence-corrected chi connectivity index (χ1v) is 10.2. The number of hydrogen-bond acceptors (Lipinski definition) is 4. The Bertz CT molecular complexity index is 1260. The molecule has 5 nitrogen and oxygen atoms in total. The number of allylic oxidation sites excluding steroid dienone is 1. The van der Waals surface area contributed by atoms with Gasteiger partial charge in [0.15, 0.2) is 0 Å². The number of hydrogen-bond donors (Lipinski definition) is 0. The summed E-state index contributed by atoms with van der Waals surface area (Å²) in [4.78, 5) is 15.0.